The van der Waals surface area contributed by atoms with Crippen molar-refractivity contribution in [1.82, 2.24) is 9.62 Å². The second-order valence-corrected chi connectivity index (χ2v) is 6.90. The molecular weight excluding hydrogens is 274 g/mol. The number of nitrogens with zero attached hydrogens (tertiary/aromatic N) is 1. The van der Waals surface area contributed by atoms with E-state index in [2.05, 4.69) is 23.5 Å². The largest absolute Gasteiger partial charge is 0.399 e. The van der Waals surface area contributed by atoms with Crippen molar-refractivity contribution in [1.29, 1.82) is 0 Å². The number of sulfonamides is 1. The fourth-order valence-corrected chi connectivity index (χ4v) is 3.19. The minimum atomic E-state index is -3.47. The number of nitrogen functional groups attached to an aromatic ring is 1. The van der Waals surface area contributed by atoms with Crippen LogP contribution in [0.5, 0.6) is 0 Å². The van der Waals surface area contributed by atoms with E-state index in [-0.39, 0.29) is 4.90 Å². The standard InChI is InChI=1S/C14H25N3O2S/c1-5-12(3)17(4)9-8-16-20(18,19)14-7-6-13(15)10-11(14)2/h6-7,10,12,16H,5,8-9,15H2,1-4H3. The van der Waals surface area contributed by atoms with E-state index in [1.807, 2.05) is 7.05 Å². The molecule has 3 N–H and O–H groups in total. The van der Waals surface area contributed by atoms with Gasteiger partial charge in [0.1, 0.15) is 0 Å². The highest BCUT2D eigenvalue weighted by molar-refractivity contribution is 7.89. The smallest absolute Gasteiger partial charge is 0.240 e. The number of likely N-dealkylation sites (N-methyl/N-ethyl adjacent to an activating group) is 1. The van der Waals surface area contributed by atoms with Gasteiger partial charge in [0.15, 0.2) is 0 Å². The predicted octanol–water partition coefficient (Wildman–Crippen LogP) is 1.59. The lowest BCUT2D eigenvalue weighted by Crippen LogP contribution is -2.37. The number of rotatable bonds is 7. The van der Waals surface area contributed by atoms with Gasteiger partial charge in [0.2, 0.25) is 10.0 Å². The molecule has 20 heavy (non-hydrogen) atoms. The van der Waals surface area contributed by atoms with E-state index in [0.29, 0.717) is 30.4 Å². The van der Waals surface area contributed by atoms with Gasteiger partial charge in [-0.2, -0.15) is 0 Å². The Labute approximate surface area is 122 Å². The highest BCUT2D eigenvalue weighted by atomic mass is 32.2. The zero-order chi connectivity index (χ0) is 15.3. The van der Waals surface area contributed by atoms with E-state index < -0.39 is 10.0 Å². The third kappa shape index (κ3) is 4.47. The van der Waals surface area contributed by atoms with Crippen LogP contribution in [-0.2, 0) is 10.0 Å². The van der Waals surface area contributed by atoms with E-state index in [4.69, 9.17) is 5.73 Å². The lowest BCUT2D eigenvalue weighted by molar-refractivity contribution is 0.256. The minimum Gasteiger partial charge on any atom is -0.399 e. The second-order valence-electron chi connectivity index (χ2n) is 5.16. The molecule has 0 heterocycles. The lowest BCUT2D eigenvalue weighted by Gasteiger charge is -2.23. The van der Waals surface area contributed by atoms with Crippen molar-refractivity contribution in [2.24, 2.45) is 0 Å². The number of hydrogen-bond acceptors (Lipinski definition) is 4. The van der Waals surface area contributed by atoms with Crippen LogP contribution in [0, 0.1) is 6.92 Å². The topological polar surface area (TPSA) is 75.4 Å². The summed E-state index contributed by atoms with van der Waals surface area (Å²) < 4.78 is 27.1. The fourth-order valence-electron chi connectivity index (χ4n) is 1.94. The Hall–Kier alpha value is -1.11. The second kappa shape index (κ2) is 7.06. The molecule has 114 valence electrons. The molecule has 0 aliphatic rings. The highest BCUT2D eigenvalue weighted by Gasteiger charge is 2.16. The van der Waals surface area contributed by atoms with Crippen molar-refractivity contribution >= 4 is 15.7 Å². The van der Waals surface area contributed by atoms with Gasteiger partial charge in [0.05, 0.1) is 4.90 Å². The summed E-state index contributed by atoms with van der Waals surface area (Å²) in [7, 11) is -1.47. The van der Waals surface area contributed by atoms with Crippen LogP contribution in [0.4, 0.5) is 5.69 Å². The molecule has 0 amide bonds. The Bertz CT molecular complexity index is 543. The molecule has 0 spiro atoms. The highest BCUT2D eigenvalue weighted by Crippen LogP contribution is 2.17. The third-order valence-electron chi connectivity index (χ3n) is 3.59. The van der Waals surface area contributed by atoms with Gasteiger partial charge >= 0.3 is 0 Å². The van der Waals surface area contributed by atoms with E-state index in [9.17, 15) is 8.42 Å². The number of hydrogen-bond donors (Lipinski definition) is 2. The third-order valence-corrected chi connectivity index (χ3v) is 5.21. The Balaban J connectivity index is 2.67. The van der Waals surface area contributed by atoms with Gasteiger partial charge in [-0.15, -0.1) is 0 Å². The summed E-state index contributed by atoms with van der Waals surface area (Å²) in [5.74, 6) is 0. The molecule has 1 aromatic rings. The Morgan fingerprint density at radius 3 is 2.60 bits per heavy atom. The first-order valence-electron chi connectivity index (χ1n) is 6.84. The monoisotopic (exact) mass is 299 g/mol. The van der Waals surface area contributed by atoms with E-state index in [0.717, 1.165) is 6.42 Å². The average molecular weight is 299 g/mol. The first kappa shape index (κ1) is 16.9. The Morgan fingerprint density at radius 2 is 2.05 bits per heavy atom. The summed E-state index contributed by atoms with van der Waals surface area (Å²) in [5, 5.41) is 0. The number of anilines is 1. The fraction of sp³-hybridized carbons (Fsp3) is 0.571. The SMILES string of the molecule is CCC(C)N(C)CCNS(=O)(=O)c1ccc(N)cc1C. The first-order chi connectivity index (χ1) is 9.27. The summed E-state index contributed by atoms with van der Waals surface area (Å²) >= 11 is 0. The molecule has 0 aliphatic carbocycles. The molecule has 0 radical (unpaired) electrons. The van der Waals surface area contributed by atoms with Crippen molar-refractivity contribution in [3.8, 4) is 0 Å². The first-order valence-corrected chi connectivity index (χ1v) is 8.32. The molecule has 1 atom stereocenters. The van der Waals surface area contributed by atoms with Gasteiger partial charge in [-0.25, -0.2) is 13.1 Å². The molecule has 1 unspecified atom stereocenters. The van der Waals surface area contributed by atoms with Crippen LogP contribution in [0.25, 0.3) is 0 Å². The molecule has 6 heteroatoms. The summed E-state index contributed by atoms with van der Waals surface area (Å²) in [6, 6.07) is 5.26. The predicted molar refractivity (Wildman–Crippen MR) is 83.2 cm³/mol. The normalized spacial score (nSPS) is 13.7. The molecule has 0 fully saturated rings. The van der Waals surface area contributed by atoms with Gasteiger partial charge in [0.25, 0.3) is 0 Å². The number of nitrogens with one attached hydrogen (secondary N) is 1. The maximum absolute atomic E-state index is 12.2. The molecule has 1 rings (SSSR count). The van der Waals surface area contributed by atoms with Crippen LogP contribution in [0.2, 0.25) is 0 Å². The van der Waals surface area contributed by atoms with Crippen molar-refractivity contribution < 1.29 is 8.42 Å². The van der Waals surface area contributed by atoms with E-state index in [1.54, 1.807) is 25.1 Å². The molecule has 0 aliphatic heterocycles. The summed E-state index contributed by atoms with van der Waals surface area (Å²) in [5.41, 5.74) is 6.86. The van der Waals surface area contributed by atoms with Crippen LogP contribution in [0.1, 0.15) is 25.8 Å². The van der Waals surface area contributed by atoms with E-state index in [1.165, 1.54) is 0 Å². The Kier molecular flexibility index (Phi) is 5.98. The zero-order valence-corrected chi connectivity index (χ0v) is 13.5. The van der Waals surface area contributed by atoms with Crippen molar-refractivity contribution in [3.05, 3.63) is 23.8 Å². The molecular formula is C14H25N3O2S. The molecule has 0 aromatic heterocycles. The summed E-state index contributed by atoms with van der Waals surface area (Å²) in [4.78, 5) is 2.43. The lowest BCUT2D eigenvalue weighted by atomic mass is 10.2. The van der Waals surface area contributed by atoms with Gasteiger partial charge in [-0.05, 0) is 51.1 Å². The molecule has 0 bridgehead atoms. The number of aryl methyl sites for hydroxylation is 1. The van der Waals surface area contributed by atoms with Crippen LogP contribution in [0.3, 0.4) is 0 Å². The number of benzene rings is 1. The maximum atomic E-state index is 12.2. The zero-order valence-electron chi connectivity index (χ0n) is 12.7. The molecule has 0 saturated carbocycles. The van der Waals surface area contributed by atoms with Crippen molar-refractivity contribution in [2.75, 3.05) is 25.9 Å². The molecule has 5 nitrogen and oxygen atoms in total. The van der Waals surface area contributed by atoms with Crippen LogP contribution >= 0.6 is 0 Å². The molecule has 0 saturated heterocycles. The van der Waals surface area contributed by atoms with Gasteiger partial charge in [-0.3, -0.25) is 0 Å². The van der Waals surface area contributed by atoms with E-state index >= 15 is 0 Å². The minimum absolute atomic E-state index is 0.290. The Morgan fingerprint density at radius 1 is 1.40 bits per heavy atom. The van der Waals surface area contributed by atoms with Crippen molar-refractivity contribution in [3.63, 3.8) is 0 Å². The summed E-state index contributed by atoms with van der Waals surface area (Å²) in [6.45, 7) is 7.06. The molecule has 1 aromatic carbocycles. The van der Waals surface area contributed by atoms with Crippen LogP contribution < -0.4 is 10.5 Å². The van der Waals surface area contributed by atoms with Crippen LogP contribution in [0.15, 0.2) is 23.1 Å². The quantitative estimate of drug-likeness (QED) is 0.750. The average Bonchev–Trinajstić information content (AvgIpc) is 2.36. The van der Waals surface area contributed by atoms with Gasteiger partial charge in [-0.1, -0.05) is 6.92 Å². The van der Waals surface area contributed by atoms with Crippen molar-refractivity contribution in [2.45, 2.75) is 38.1 Å². The maximum Gasteiger partial charge on any atom is 0.240 e. The summed E-state index contributed by atoms with van der Waals surface area (Å²) in [6.07, 6.45) is 1.04. The van der Waals surface area contributed by atoms with Crippen LogP contribution in [-0.4, -0.2) is 39.5 Å². The number of nitrogens with two attached hydrogens (primary N) is 1. The van der Waals surface area contributed by atoms with Gasteiger partial charge < -0.3 is 10.6 Å². The van der Waals surface area contributed by atoms with Gasteiger partial charge in [0, 0.05) is 24.8 Å².